The number of halogens is 3. The van der Waals surface area contributed by atoms with E-state index >= 15 is 0 Å². The van der Waals surface area contributed by atoms with E-state index in [1.165, 1.54) is 4.68 Å². The number of hydrogen-bond donors (Lipinski definition) is 0. The SMILES string of the molecule is Cn1nc(-c2ccc(Cl)cc2Br)c(C=O)c1Cl. The molecule has 1 aromatic heterocycles. The van der Waals surface area contributed by atoms with Crippen molar-refractivity contribution in [3.8, 4) is 11.3 Å². The van der Waals surface area contributed by atoms with Gasteiger partial charge in [0.2, 0.25) is 0 Å². The molecule has 0 N–H and O–H groups in total. The summed E-state index contributed by atoms with van der Waals surface area (Å²) in [5.41, 5.74) is 1.69. The number of nitrogens with zero attached hydrogens (tertiary/aromatic N) is 2. The first kappa shape index (κ1) is 12.6. The summed E-state index contributed by atoms with van der Waals surface area (Å²) in [7, 11) is 1.68. The molecule has 2 aromatic rings. The predicted octanol–water partition coefficient (Wildman–Crippen LogP) is 3.97. The van der Waals surface area contributed by atoms with Gasteiger partial charge in [-0.15, -0.1) is 0 Å². The van der Waals surface area contributed by atoms with E-state index in [0.29, 0.717) is 27.7 Å². The Balaban J connectivity index is 2.68. The van der Waals surface area contributed by atoms with Gasteiger partial charge in [-0.2, -0.15) is 5.10 Å². The molecule has 88 valence electrons. The highest BCUT2D eigenvalue weighted by Gasteiger charge is 2.17. The fraction of sp³-hybridized carbons (Fsp3) is 0.0909. The van der Waals surface area contributed by atoms with Crippen molar-refractivity contribution in [3.63, 3.8) is 0 Å². The molecule has 0 amide bonds. The second-order valence-corrected chi connectivity index (χ2v) is 5.07. The maximum Gasteiger partial charge on any atom is 0.155 e. The minimum Gasteiger partial charge on any atom is -0.298 e. The Kier molecular flexibility index (Phi) is 3.56. The average Bonchev–Trinajstić information content (AvgIpc) is 2.55. The van der Waals surface area contributed by atoms with E-state index in [1.54, 1.807) is 25.2 Å². The molecule has 0 spiro atoms. The van der Waals surface area contributed by atoms with Crippen molar-refractivity contribution in [2.75, 3.05) is 0 Å². The highest BCUT2D eigenvalue weighted by atomic mass is 79.9. The van der Waals surface area contributed by atoms with Crippen LogP contribution >= 0.6 is 39.1 Å². The lowest BCUT2D eigenvalue weighted by Crippen LogP contribution is -1.90. The van der Waals surface area contributed by atoms with E-state index in [-0.39, 0.29) is 0 Å². The van der Waals surface area contributed by atoms with E-state index in [2.05, 4.69) is 21.0 Å². The molecule has 0 unspecified atom stereocenters. The van der Waals surface area contributed by atoms with Gasteiger partial charge in [0.25, 0.3) is 0 Å². The third kappa shape index (κ3) is 2.25. The zero-order chi connectivity index (χ0) is 12.6. The maximum atomic E-state index is 11.0. The molecule has 0 atom stereocenters. The second kappa shape index (κ2) is 4.80. The Morgan fingerprint density at radius 1 is 1.41 bits per heavy atom. The van der Waals surface area contributed by atoms with Gasteiger partial charge in [-0.05, 0) is 12.1 Å². The van der Waals surface area contributed by atoms with Gasteiger partial charge in [-0.25, -0.2) is 0 Å². The zero-order valence-electron chi connectivity index (χ0n) is 8.75. The van der Waals surface area contributed by atoms with E-state index in [0.717, 1.165) is 10.0 Å². The molecule has 6 heteroatoms. The van der Waals surface area contributed by atoms with Crippen LogP contribution in [-0.4, -0.2) is 16.1 Å². The molecule has 0 aliphatic rings. The summed E-state index contributed by atoms with van der Waals surface area (Å²) in [4.78, 5) is 11.0. The Bertz CT molecular complexity index is 595. The highest BCUT2D eigenvalue weighted by Crippen LogP contribution is 2.33. The van der Waals surface area contributed by atoms with Crippen molar-refractivity contribution in [2.45, 2.75) is 0 Å². The summed E-state index contributed by atoms with van der Waals surface area (Å²) in [6, 6.07) is 5.27. The van der Waals surface area contributed by atoms with Crippen molar-refractivity contribution in [1.82, 2.24) is 9.78 Å². The van der Waals surface area contributed by atoms with Crippen LogP contribution in [-0.2, 0) is 7.05 Å². The van der Waals surface area contributed by atoms with Gasteiger partial charge in [0.15, 0.2) is 6.29 Å². The maximum absolute atomic E-state index is 11.0. The topological polar surface area (TPSA) is 34.9 Å². The van der Waals surface area contributed by atoms with Gasteiger partial charge in [0.05, 0.1) is 5.56 Å². The minimum atomic E-state index is 0.317. The number of aryl methyl sites for hydroxylation is 1. The van der Waals surface area contributed by atoms with Gasteiger partial charge in [0.1, 0.15) is 10.8 Å². The first-order valence-corrected chi connectivity index (χ1v) is 6.22. The molecular weight excluding hydrogens is 327 g/mol. The molecule has 17 heavy (non-hydrogen) atoms. The highest BCUT2D eigenvalue weighted by molar-refractivity contribution is 9.10. The third-order valence-corrected chi connectivity index (χ3v) is 3.65. The Morgan fingerprint density at radius 2 is 2.12 bits per heavy atom. The van der Waals surface area contributed by atoms with Gasteiger partial charge < -0.3 is 0 Å². The first-order chi connectivity index (χ1) is 8.04. The molecule has 0 fully saturated rings. The quantitative estimate of drug-likeness (QED) is 0.779. The Morgan fingerprint density at radius 3 is 2.71 bits per heavy atom. The van der Waals surface area contributed by atoms with Crippen LogP contribution in [0.5, 0.6) is 0 Å². The Labute approximate surface area is 116 Å². The molecule has 0 bridgehead atoms. The lowest BCUT2D eigenvalue weighted by atomic mass is 10.1. The van der Waals surface area contributed by atoms with E-state index < -0.39 is 0 Å². The van der Waals surface area contributed by atoms with Crippen LogP contribution in [0.15, 0.2) is 22.7 Å². The number of carbonyl (C=O) groups excluding carboxylic acids is 1. The van der Waals surface area contributed by atoms with Gasteiger partial charge >= 0.3 is 0 Å². The van der Waals surface area contributed by atoms with Crippen molar-refractivity contribution in [1.29, 1.82) is 0 Å². The van der Waals surface area contributed by atoms with Crippen molar-refractivity contribution in [3.05, 3.63) is 38.4 Å². The standard InChI is InChI=1S/C11H7BrCl2N2O/c1-16-11(14)8(5-17)10(15-16)7-3-2-6(13)4-9(7)12/h2-5H,1H3. The number of aldehydes is 1. The van der Waals surface area contributed by atoms with Crippen LogP contribution in [0.25, 0.3) is 11.3 Å². The normalized spacial score (nSPS) is 10.6. The molecule has 0 aliphatic carbocycles. The summed E-state index contributed by atoms with van der Waals surface area (Å²) < 4.78 is 2.23. The molecule has 0 saturated heterocycles. The second-order valence-electron chi connectivity index (χ2n) is 3.42. The molecular formula is C11H7BrCl2N2O. The zero-order valence-corrected chi connectivity index (χ0v) is 11.8. The van der Waals surface area contributed by atoms with Crippen molar-refractivity contribution in [2.24, 2.45) is 7.05 Å². The molecule has 0 saturated carbocycles. The molecule has 3 nitrogen and oxygen atoms in total. The van der Waals surface area contributed by atoms with E-state index in [4.69, 9.17) is 23.2 Å². The van der Waals surface area contributed by atoms with Crippen molar-refractivity contribution < 1.29 is 4.79 Å². The largest absolute Gasteiger partial charge is 0.298 e. The van der Waals surface area contributed by atoms with Crippen LogP contribution in [0.4, 0.5) is 0 Å². The predicted molar refractivity (Wildman–Crippen MR) is 71.8 cm³/mol. The molecule has 0 radical (unpaired) electrons. The van der Waals surface area contributed by atoms with Crippen LogP contribution in [0, 0.1) is 0 Å². The minimum absolute atomic E-state index is 0.317. The third-order valence-electron chi connectivity index (χ3n) is 2.32. The number of rotatable bonds is 2. The summed E-state index contributed by atoms with van der Waals surface area (Å²) in [6.45, 7) is 0. The van der Waals surface area contributed by atoms with Crippen molar-refractivity contribution >= 4 is 45.4 Å². The van der Waals surface area contributed by atoms with Gasteiger partial charge in [-0.1, -0.05) is 45.2 Å². The number of aromatic nitrogens is 2. The fourth-order valence-corrected chi connectivity index (χ4v) is 2.55. The fourth-order valence-electron chi connectivity index (χ4n) is 1.50. The van der Waals surface area contributed by atoms with E-state index in [1.807, 2.05) is 0 Å². The molecule has 1 heterocycles. The smallest absolute Gasteiger partial charge is 0.155 e. The summed E-state index contributed by atoms with van der Waals surface area (Å²) in [5, 5.41) is 5.15. The lowest BCUT2D eigenvalue weighted by Gasteiger charge is -2.02. The van der Waals surface area contributed by atoms with Crippen LogP contribution in [0.2, 0.25) is 10.2 Å². The average molecular weight is 334 g/mol. The Hall–Kier alpha value is -0.840. The van der Waals surface area contributed by atoms with Crippen LogP contribution in [0.1, 0.15) is 10.4 Å². The summed E-state index contributed by atoms with van der Waals surface area (Å²) in [5.74, 6) is 0. The molecule has 2 rings (SSSR count). The lowest BCUT2D eigenvalue weighted by molar-refractivity contribution is 0.112. The van der Waals surface area contributed by atoms with E-state index in [9.17, 15) is 4.79 Å². The van der Waals surface area contributed by atoms with Crippen LogP contribution in [0.3, 0.4) is 0 Å². The first-order valence-electron chi connectivity index (χ1n) is 4.67. The molecule has 1 aromatic carbocycles. The van der Waals surface area contributed by atoms with Gasteiger partial charge in [0, 0.05) is 22.1 Å². The molecule has 0 aliphatic heterocycles. The van der Waals surface area contributed by atoms with Crippen LogP contribution < -0.4 is 0 Å². The summed E-state index contributed by atoms with van der Waals surface area (Å²) >= 11 is 15.2. The number of benzene rings is 1. The monoisotopic (exact) mass is 332 g/mol. The number of carbonyl (C=O) groups is 1. The number of hydrogen-bond acceptors (Lipinski definition) is 2. The van der Waals surface area contributed by atoms with Gasteiger partial charge in [-0.3, -0.25) is 9.48 Å². The summed E-state index contributed by atoms with van der Waals surface area (Å²) in [6.07, 6.45) is 0.700.